The first kappa shape index (κ1) is 15.2. The van der Waals surface area contributed by atoms with Gasteiger partial charge in [-0.2, -0.15) is 5.10 Å². The number of carbonyl (C=O) groups excluding carboxylic acids is 2. The van der Waals surface area contributed by atoms with E-state index in [0.717, 1.165) is 0 Å². The second-order valence-electron chi connectivity index (χ2n) is 4.28. The molecule has 2 rings (SSSR count). The highest BCUT2D eigenvalue weighted by atomic mass is 16.5. The summed E-state index contributed by atoms with van der Waals surface area (Å²) >= 11 is 0. The molecule has 4 N–H and O–H groups in total. The van der Waals surface area contributed by atoms with Crippen molar-refractivity contribution in [1.82, 2.24) is 10.9 Å². The summed E-state index contributed by atoms with van der Waals surface area (Å²) in [5.74, 6) is -1.08. The van der Waals surface area contributed by atoms with Crippen LogP contribution in [0.5, 0.6) is 5.75 Å². The zero-order valence-electron chi connectivity index (χ0n) is 11.4. The average Bonchev–Trinajstić information content (AvgIpc) is 2.56. The van der Waals surface area contributed by atoms with Crippen molar-refractivity contribution in [2.45, 2.75) is 0 Å². The molecule has 0 unspecified atom stereocenters. The van der Waals surface area contributed by atoms with E-state index in [9.17, 15) is 14.7 Å². The lowest BCUT2D eigenvalue weighted by atomic mass is 10.1. The predicted octanol–water partition coefficient (Wildman–Crippen LogP) is 1.28. The van der Waals surface area contributed by atoms with Crippen LogP contribution in [0.3, 0.4) is 0 Å². The number of hydroxylamine groups is 1. The van der Waals surface area contributed by atoms with E-state index in [-0.39, 0.29) is 11.3 Å². The number of benzene rings is 2. The molecule has 0 aromatic heterocycles. The van der Waals surface area contributed by atoms with Gasteiger partial charge in [0.15, 0.2) is 0 Å². The molecule has 2 aromatic carbocycles. The fourth-order valence-corrected chi connectivity index (χ4v) is 1.66. The number of rotatable bonds is 4. The third kappa shape index (κ3) is 3.68. The van der Waals surface area contributed by atoms with Crippen LogP contribution in [0.1, 0.15) is 26.3 Å². The molecule has 2 aromatic rings. The highest BCUT2D eigenvalue weighted by Gasteiger charge is 2.07. The summed E-state index contributed by atoms with van der Waals surface area (Å²) in [6.45, 7) is 0. The number of carbonyl (C=O) groups is 2. The van der Waals surface area contributed by atoms with E-state index in [1.54, 1.807) is 18.2 Å². The molecule has 2 amide bonds. The minimum Gasteiger partial charge on any atom is -0.507 e. The third-order valence-corrected chi connectivity index (χ3v) is 2.82. The van der Waals surface area contributed by atoms with Crippen molar-refractivity contribution in [1.29, 1.82) is 0 Å². The fraction of sp³-hybridized carbons (Fsp3) is 0. The summed E-state index contributed by atoms with van der Waals surface area (Å²) in [5.41, 5.74) is 4.79. The van der Waals surface area contributed by atoms with Crippen molar-refractivity contribution in [3.8, 4) is 5.75 Å². The molecule has 0 saturated heterocycles. The maximum atomic E-state index is 11.8. The van der Waals surface area contributed by atoms with Gasteiger partial charge in [0.1, 0.15) is 5.75 Å². The van der Waals surface area contributed by atoms with Crippen LogP contribution in [-0.4, -0.2) is 28.3 Å². The first-order chi connectivity index (χ1) is 10.6. The highest BCUT2D eigenvalue weighted by Crippen LogP contribution is 2.12. The minimum absolute atomic E-state index is 0.0554. The zero-order valence-corrected chi connectivity index (χ0v) is 11.4. The van der Waals surface area contributed by atoms with Crippen LogP contribution < -0.4 is 10.9 Å². The topological polar surface area (TPSA) is 111 Å². The Morgan fingerprint density at radius 2 is 1.55 bits per heavy atom. The fourth-order valence-electron chi connectivity index (χ4n) is 1.66. The van der Waals surface area contributed by atoms with Crippen LogP contribution in [-0.2, 0) is 0 Å². The largest absolute Gasteiger partial charge is 0.507 e. The van der Waals surface area contributed by atoms with Gasteiger partial charge >= 0.3 is 0 Å². The molecule has 7 heteroatoms. The average molecular weight is 299 g/mol. The predicted molar refractivity (Wildman–Crippen MR) is 78.9 cm³/mol. The number of nitrogens with one attached hydrogen (secondary N) is 2. The number of aromatic hydroxyl groups is 1. The van der Waals surface area contributed by atoms with E-state index >= 15 is 0 Å². The second-order valence-corrected chi connectivity index (χ2v) is 4.28. The maximum Gasteiger partial charge on any atom is 0.274 e. The van der Waals surface area contributed by atoms with Gasteiger partial charge in [-0.25, -0.2) is 10.9 Å². The molecule has 112 valence electrons. The van der Waals surface area contributed by atoms with E-state index in [4.69, 9.17) is 5.21 Å². The van der Waals surface area contributed by atoms with E-state index < -0.39 is 11.8 Å². The Morgan fingerprint density at radius 3 is 2.14 bits per heavy atom. The Hall–Kier alpha value is -3.19. The number of nitrogens with zero attached hydrogens (tertiary/aromatic N) is 1. The first-order valence-electron chi connectivity index (χ1n) is 6.27. The standard InChI is InChI=1S/C15H13N3O4/c19-13-4-2-1-3-12(13)9-16-17-14(20)10-5-7-11(8-6-10)15(21)18-22/h1-9,19,22H,(H,17,20)(H,18,21)/b16-9+. The summed E-state index contributed by atoms with van der Waals surface area (Å²) in [4.78, 5) is 23.0. The number of phenolic OH excluding ortho intramolecular Hbond substituents is 1. The zero-order chi connectivity index (χ0) is 15.9. The number of amides is 2. The molecule has 0 aliphatic carbocycles. The van der Waals surface area contributed by atoms with Gasteiger partial charge in [0.25, 0.3) is 11.8 Å². The molecular weight excluding hydrogens is 286 g/mol. The van der Waals surface area contributed by atoms with E-state index in [0.29, 0.717) is 11.1 Å². The Balaban J connectivity index is 2.01. The van der Waals surface area contributed by atoms with E-state index in [1.807, 2.05) is 0 Å². The third-order valence-electron chi connectivity index (χ3n) is 2.82. The molecule has 22 heavy (non-hydrogen) atoms. The molecule has 0 spiro atoms. The normalized spacial score (nSPS) is 10.4. The summed E-state index contributed by atoms with van der Waals surface area (Å²) in [5, 5.41) is 21.8. The van der Waals surface area contributed by atoms with Crippen LogP contribution in [0.4, 0.5) is 0 Å². The number of hydrazone groups is 1. The van der Waals surface area contributed by atoms with Gasteiger partial charge in [0, 0.05) is 16.7 Å². The van der Waals surface area contributed by atoms with Gasteiger partial charge in [-0.05, 0) is 36.4 Å². The molecule has 0 radical (unpaired) electrons. The van der Waals surface area contributed by atoms with Crippen LogP contribution in [0.25, 0.3) is 0 Å². The molecule has 0 aliphatic heterocycles. The molecule has 7 nitrogen and oxygen atoms in total. The van der Waals surface area contributed by atoms with Crippen molar-refractivity contribution in [2.24, 2.45) is 5.10 Å². The monoisotopic (exact) mass is 299 g/mol. The van der Waals surface area contributed by atoms with Crippen LogP contribution in [0.15, 0.2) is 53.6 Å². The summed E-state index contributed by atoms with van der Waals surface area (Å²) < 4.78 is 0. The molecule has 0 bridgehead atoms. The van der Waals surface area contributed by atoms with E-state index in [2.05, 4.69) is 10.5 Å². The molecular formula is C15H13N3O4. The number of para-hydroxylation sites is 1. The second kappa shape index (κ2) is 7.00. The van der Waals surface area contributed by atoms with Gasteiger partial charge in [-0.15, -0.1) is 0 Å². The summed E-state index contributed by atoms with van der Waals surface area (Å²) in [7, 11) is 0. The van der Waals surface area contributed by atoms with Crippen molar-refractivity contribution in [3.05, 3.63) is 65.2 Å². The van der Waals surface area contributed by atoms with Crippen molar-refractivity contribution >= 4 is 18.0 Å². The van der Waals surface area contributed by atoms with Crippen LogP contribution in [0.2, 0.25) is 0 Å². The van der Waals surface area contributed by atoms with Crippen molar-refractivity contribution in [3.63, 3.8) is 0 Å². The number of phenols is 1. The molecule has 0 fully saturated rings. The van der Waals surface area contributed by atoms with Crippen molar-refractivity contribution in [2.75, 3.05) is 0 Å². The lowest BCUT2D eigenvalue weighted by molar-refractivity contribution is 0.0706. The first-order valence-corrected chi connectivity index (χ1v) is 6.27. The Labute approximate surface area is 125 Å². The Bertz CT molecular complexity index is 711. The minimum atomic E-state index is -0.662. The Kier molecular flexibility index (Phi) is 4.84. The molecule has 0 aliphatic rings. The van der Waals surface area contributed by atoms with Gasteiger partial charge in [-0.1, -0.05) is 12.1 Å². The lowest BCUT2D eigenvalue weighted by Crippen LogP contribution is -2.20. The van der Waals surface area contributed by atoms with Gasteiger partial charge in [0.05, 0.1) is 6.21 Å². The maximum absolute atomic E-state index is 11.8. The van der Waals surface area contributed by atoms with Gasteiger partial charge < -0.3 is 5.11 Å². The molecule has 0 atom stereocenters. The van der Waals surface area contributed by atoms with Crippen LogP contribution in [0, 0.1) is 0 Å². The van der Waals surface area contributed by atoms with Gasteiger partial charge in [-0.3, -0.25) is 14.8 Å². The number of hydrogen-bond acceptors (Lipinski definition) is 5. The van der Waals surface area contributed by atoms with Crippen LogP contribution >= 0.6 is 0 Å². The smallest absolute Gasteiger partial charge is 0.274 e. The quantitative estimate of drug-likeness (QED) is 0.387. The summed E-state index contributed by atoms with van der Waals surface area (Å²) in [6.07, 6.45) is 1.32. The Morgan fingerprint density at radius 1 is 0.955 bits per heavy atom. The van der Waals surface area contributed by atoms with Gasteiger partial charge in [0.2, 0.25) is 0 Å². The van der Waals surface area contributed by atoms with Crippen molar-refractivity contribution < 1.29 is 19.9 Å². The SMILES string of the molecule is O=C(NO)c1ccc(C(=O)N/N=C/c2ccccc2O)cc1. The molecule has 0 saturated carbocycles. The van der Waals surface area contributed by atoms with E-state index in [1.165, 1.54) is 42.0 Å². The highest BCUT2D eigenvalue weighted by molar-refractivity contribution is 5.97. The summed E-state index contributed by atoms with van der Waals surface area (Å²) in [6, 6.07) is 12.2. The number of hydrogen-bond donors (Lipinski definition) is 4. The lowest BCUT2D eigenvalue weighted by Gasteiger charge is -2.02. The molecule has 0 heterocycles.